The highest BCUT2D eigenvalue weighted by Gasteiger charge is 2.10. The number of rotatable bonds is 7. The van der Waals surface area contributed by atoms with E-state index in [0.29, 0.717) is 26.0 Å². The van der Waals surface area contributed by atoms with Crippen LogP contribution in [0.5, 0.6) is 0 Å². The molecule has 0 heterocycles. The molecule has 0 radical (unpaired) electrons. The van der Waals surface area contributed by atoms with Crippen LogP contribution in [-0.4, -0.2) is 25.0 Å². The molecule has 0 saturated carbocycles. The molecule has 0 aliphatic carbocycles. The Hall–Kier alpha value is -1.06. The number of carbonyl (C=O) groups excluding carboxylic acids is 2. The summed E-state index contributed by atoms with van der Waals surface area (Å²) < 4.78 is 5.02. The molecule has 15 heavy (non-hydrogen) atoms. The van der Waals surface area contributed by atoms with E-state index in [4.69, 9.17) is 4.74 Å². The number of ether oxygens (including phenoxy) is 1. The maximum absolute atomic E-state index is 11.2. The Morgan fingerprint density at radius 1 is 1.33 bits per heavy atom. The predicted molar refractivity (Wildman–Crippen MR) is 58.3 cm³/mol. The smallest absolute Gasteiger partial charge is 0.308 e. The molecule has 0 aromatic heterocycles. The Bertz CT molecular complexity index is 204. The molecule has 4 nitrogen and oxygen atoms in total. The van der Waals surface area contributed by atoms with Crippen LogP contribution in [0.2, 0.25) is 0 Å². The summed E-state index contributed by atoms with van der Waals surface area (Å²) >= 11 is 0. The van der Waals surface area contributed by atoms with Gasteiger partial charge >= 0.3 is 5.97 Å². The second-order valence-electron chi connectivity index (χ2n) is 3.53. The van der Waals surface area contributed by atoms with Gasteiger partial charge in [0.15, 0.2) is 0 Å². The van der Waals surface area contributed by atoms with Gasteiger partial charge in [0.25, 0.3) is 0 Å². The van der Waals surface area contributed by atoms with E-state index in [2.05, 4.69) is 5.32 Å². The highest BCUT2D eigenvalue weighted by atomic mass is 16.5. The number of amides is 1. The minimum Gasteiger partial charge on any atom is -0.465 e. The average molecular weight is 215 g/mol. The normalized spacial score (nSPS) is 11.9. The van der Waals surface area contributed by atoms with Gasteiger partial charge in [-0.3, -0.25) is 9.59 Å². The van der Waals surface area contributed by atoms with Crippen molar-refractivity contribution in [3.8, 4) is 0 Å². The fourth-order valence-corrected chi connectivity index (χ4v) is 0.907. The Morgan fingerprint density at radius 3 is 2.53 bits per heavy atom. The molecule has 1 unspecified atom stereocenters. The van der Waals surface area contributed by atoms with Crippen molar-refractivity contribution in [1.29, 1.82) is 0 Å². The molecule has 0 spiro atoms. The molecule has 0 aromatic carbocycles. The second kappa shape index (κ2) is 8.26. The van der Waals surface area contributed by atoms with E-state index >= 15 is 0 Å². The van der Waals surface area contributed by atoms with Gasteiger partial charge < -0.3 is 10.1 Å². The molecule has 0 aliphatic heterocycles. The van der Waals surface area contributed by atoms with Crippen molar-refractivity contribution >= 4 is 11.9 Å². The average Bonchev–Trinajstić information content (AvgIpc) is 2.26. The zero-order valence-corrected chi connectivity index (χ0v) is 9.84. The van der Waals surface area contributed by atoms with E-state index in [9.17, 15) is 9.59 Å². The van der Waals surface area contributed by atoms with Crippen molar-refractivity contribution in [3.63, 3.8) is 0 Å². The van der Waals surface area contributed by atoms with E-state index in [-0.39, 0.29) is 17.8 Å². The van der Waals surface area contributed by atoms with Gasteiger partial charge in [0, 0.05) is 13.0 Å². The van der Waals surface area contributed by atoms with Gasteiger partial charge in [0.2, 0.25) is 5.91 Å². The number of esters is 1. The van der Waals surface area contributed by atoms with Gasteiger partial charge in [-0.25, -0.2) is 0 Å². The summed E-state index contributed by atoms with van der Waals surface area (Å²) in [6, 6.07) is 0. The molecule has 88 valence electrons. The van der Waals surface area contributed by atoms with Crippen LogP contribution in [0.15, 0.2) is 0 Å². The van der Waals surface area contributed by atoms with Crippen molar-refractivity contribution in [1.82, 2.24) is 5.32 Å². The third-order valence-electron chi connectivity index (χ3n) is 2.22. The maximum Gasteiger partial charge on any atom is 0.308 e. The summed E-state index contributed by atoms with van der Waals surface area (Å²) in [5.41, 5.74) is 0. The van der Waals surface area contributed by atoms with Crippen molar-refractivity contribution in [3.05, 3.63) is 0 Å². The van der Waals surface area contributed by atoms with Crippen molar-refractivity contribution in [2.24, 2.45) is 5.92 Å². The first kappa shape index (κ1) is 13.9. The van der Waals surface area contributed by atoms with Crippen LogP contribution in [0.1, 0.15) is 40.0 Å². The van der Waals surface area contributed by atoms with E-state index in [0.717, 1.165) is 6.42 Å². The first-order valence-electron chi connectivity index (χ1n) is 5.55. The van der Waals surface area contributed by atoms with Crippen molar-refractivity contribution < 1.29 is 14.3 Å². The summed E-state index contributed by atoms with van der Waals surface area (Å²) in [4.78, 5) is 22.1. The van der Waals surface area contributed by atoms with Crippen LogP contribution in [-0.2, 0) is 14.3 Å². The zero-order chi connectivity index (χ0) is 11.7. The fourth-order valence-electron chi connectivity index (χ4n) is 0.907. The molecular formula is C11H21NO3. The monoisotopic (exact) mass is 215 g/mol. The minimum atomic E-state index is -0.153. The first-order valence-corrected chi connectivity index (χ1v) is 5.55. The lowest BCUT2D eigenvalue weighted by molar-refractivity contribution is -0.148. The number of hydrogen-bond acceptors (Lipinski definition) is 3. The Kier molecular flexibility index (Phi) is 7.68. The molecule has 0 fully saturated rings. The highest BCUT2D eigenvalue weighted by Crippen LogP contribution is 2.02. The molecule has 1 atom stereocenters. The van der Waals surface area contributed by atoms with Crippen molar-refractivity contribution in [2.75, 3.05) is 13.2 Å². The van der Waals surface area contributed by atoms with Gasteiger partial charge in [-0.05, 0) is 12.8 Å². The third-order valence-corrected chi connectivity index (χ3v) is 2.22. The molecule has 0 bridgehead atoms. The predicted octanol–water partition coefficient (Wildman–Crippen LogP) is 1.49. The first-order chi connectivity index (χ1) is 7.11. The minimum absolute atomic E-state index is 0.0308. The lowest BCUT2D eigenvalue weighted by Crippen LogP contribution is -2.25. The molecule has 1 N–H and O–H groups in total. The number of hydrogen-bond donors (Lipinski definition) is 1. The molecular weight excluding hydrogens is 194 g/mol. The van der Waals surface area contributed by atoms with Gasteiger partial charge in [0.05, 0.1) is 12.5 Å². The SMILES string of the molecule is CCC(=O)NCCCOC(=O)C(C)CC. The van der Waals surface area contributed by atoms with E-state index in [1.54, 1.807) is 6.92 Å². The lowest BCUT2D eigenvalue weighted by atomic mass is 10.1. The van der Waals surface area contributed by atoms with E-state index < -0.39 is 0 Å². The number of nitrogens with one attached hydrogen (secondary N) is 1. The largest absolute Gasteiger partial charge is 0.465 e. The van der Waals surface area contributed by atoms with Crippen LogP contribution < -0.4 is 5.32 Å². The molecule has 4 heteroatoms. The summed E-state index contributed by atoms with van der Waals surface area (Å²) in [6.07, 6.45) is 1.96. The van der Waals surface area contributed by atoms with Crippen LogP contribution in [0.4, 0.5) is 0 Å². The molecule has 0 aromatic rings. The van der Waals surface area contributed by atoms with Gasteiger partial charge in [0.1, 0.15) is 0 Å². The Labute approximate surface area is 91.4 Å². The zero-order valence-electron chi connectivity index (χ0n) is 9.84. The molecule has 1 amide bonds. The summed E-state index contributed by atoms with van der Waals surface area (Å²) in [5, 5.41) is 2.72. The van der Waals surface area contributed by atoms with Crippen LogP contribution in [0.25, 0.3) is 0 Å². The standard InChI is InChI=1S/C11H21NO3/c1-4-9(3)11(14)15-8-6-7-12-10(13)5-2/h9H,4-8H2,1-3H3,(H,12,13). The summed E-state index contributed by atoms with van der Waals surface area (Å²) in [7, 11) is 0. The van der Waals surface area contributed by atoms with E-state index in [1.165, 1.54) is 0 Å². The van der Waals surface area contributed by atoms with Gasteiger partial charge in [-0.15, -0.1) is 0 Å². The van der Waals surface area contributed by atoms with Crippen LogP contribution in [0, 0.1) is 5.92 Å². The second-order valence-corrected chi connectivity index (χ2v) is 3.53. The quantitative estimate of drug-likeness (QED) is 0.517. The summed E-state index contributed by atoms with van der Waals surface area (Å²) in [6.45, 7) is 6.56. The summed E-state index contributed by atoms with van der Waals surface area (Å²) in [5.74, 6) is -0.155. The fraction of sp³-hybridized carbons (Fsp3) is 0.818. The number of carbonyl (C=O) groups is 2. The third kappa shape index (κ3) is 6.94. The maximum atomic E-state index is 11.2. The topological polar surface area (TPSA) is 55.4 Å². The highest BCUT2D eigenvalue weighted by molar-refractivity contribution is 5.75. The van der Waals surface area contributed by atoms with Crippen LogP contribution >= 0.6 is 0 Å². The molecule has 0 aliphatic rings. The molecule has 0 rings (SSSR count). The Morgan fingerprint density at radius 2 is 2.00 bits per heavy atom. The Balaban J connectivity index is 3.39. The molecule has 0 saturated heterocycles. The van der Waals surface area contributed by atoms with Gasteiger partial charge in [-0.1, -0.05) is 20.8 Å². The van der Waals surface area contributed by atoms with E-state index in [1.807, 2.05) is 13.8 Å². The van der Waals surface area contributed by atoms with Crippen LogP contribution in [0.3, 0.4) is 0 Å². The lowest BCUT2D eigenvalue weighted by Gasteiger charge is -2.09. The van der Waals surface area contributed by atoms with Crippen molar-refractivity contribution in [2.45, 2.75) is 40.0 Å². The van der Waals surface area contributed by atoms with Gasteiger partial charge in [-0.2, -0.15) is 0 Å².